The summed E-state index contributed by atoms with van der Waals surface area (Å²) in [5.41, 5.74) is 0.661. The fourth-order valence-electron chi connectivity index (χ4n) is 14.3. The van der Waals surface area contributed by atoms with Crippen molar-refractivity contribution in [2.45, 2.75) is 216 Å². The maximum absolute atomic E-state index is 12.7. The predicted molar refractivity (Wildman–Crippen MR) is 452 cm³/mol. The summed E-state index contributed by atoms with van der Waals surface area (Å²) < 4.78 is 82.0. The number of anilines is 1. The number of aryl methyl sites for hydroxylation is 3. The molecule has 0 aliphatic carbocycles. The van der Waals surface area contributed by atoms with Gasteiger partial charge < -0.3 is 97.2 Å². The first-order valence-corrected chi connectivity index (χ1v) is 40.6. The molecule has 1 amide bonds. The van der Waals surface area contributed by atoms with Crippen molar-refractivity contribution in [3.63, 3.8) is 0 Å². The van der Waals surface area contributed by atoms with Gasteiger partial charge in [0.2, 0.25) is 0 Å². The number of halogens is 1. The largest absolute Gasteiger partial charge is 0.497 e. The number of hydrogen-bond donors (Lipinski definition) is 9. The van der Waals surface area contributed by atoms with Gasteiger partial charge in [-0.3, -0.25) is 52.4 Å². The van der Waals surface area contributed by atoms with Gasteiger partial charge in [-0.05, 0) is 127 Å². The number of aromatic amines is 3. The molecule has 0 radical (unpaired) electrons. The number of ether oxygens (including phenoxy) is 14. The SMILES string of the molecule is CC[C@H]1O[C@@H](n2cc(C)c(=O)[nH]c2=O)[C@@H](OC(C)COC)C1O.CC[C@H]1O[C@@H](n2cc(C)c(=O)[nH]c2=O)[C@@H](OC(C)COC)C1O.CC[C@H]1O[C@@H](n2ccc(NC(=O)c3ccccc3)nc2=O)[C@@H](OC(C)COC)C1O.COCC(C)O[C@H]1C(O)[C@@H](CO)O[C@H]1n1cc(C)c(=O)[nH]c1=O.COc1ccc(C(Cl)(c2ccccc2)c2ccc(OC)cc2)cc1. The number of methoxy groups -OCH3 is 6. The van der Waals surface area contributed by atoms with Crippen molar-refractivity contribution in [2.75, 3.05) is 81.0 Å². The van der Waals surface area contributed by atoms with Gasteiger partial charge in [-0.15, -0.1) is 11.6 Å². The summed E-state index contributed by atoms with van der Waals surface area (Å²) >= 11 is 7.22. The van der Waals surface area contributed by atoms with Crippen LogP contribution in [-0.4, -0.2) is 243 Å². The topological polar surface area (TPSA) is 459 Å². The van der Waals surface area contributed by atoms with Gasteiger partial charge in [0.25, 0.3) is 22.6 Å². The fourth-order valence-corrected chi connectivity index (χ4v) is 14.7. The van der Waals surface area contributed by atoms with E-state index in [2.05, 4.69) is 25.3 Å². The van der Waals surface area contributed by atoms with Crippen molar-refractivity contribution in [3.8, 4) is 11.5 Å². The highest BCUT2D eigenvalue weighted by Crippen LogP contribution is 2.44. The molecule has 4 aliphatic rings. The van der Waals surface area contributed by atoms with Gasteiger partial charge in [0, 0.05) is 75.5 Å². The van der Waals surface area contributed by atoms with Gasteiger partial charge in [0.15, 0.2) is 24.9 Å². The molecular weight excluding hydrogens is 1630 g/mol. The highest BCUT2D eigenvalue weighted by atomic mass is 35.5. The number of nitrogens with zero attached hydrogens (tertiary/aromatic N) is 5. The Kier molecular flexibility index (Phi) is 37.8. The molecule has 0 spiro atoms. The average Bonchev–Trinajstić information content (AvgIpc) is 1.50. The summed E-state index contributed by atoms with van der Waals surface area (Å²) in [4.78, 5) is 106. The van der Waals surface area contributed by atoms with Crippen LogP contribution in [0.4, 0.5) is 5.82 Å². The average molecular weight is 1740 g/mol. The molecule has 20 atom stereocenters. The Labute approximate surface area is 715 Å². The minimum Gasteiger partial charge on any atom is -0.497 e. The van der Waals surface area contributed by atoms with Crippen molar-refractivity contribution < 1.29 is 96.6 Å². The molecule has 4 aromatic heterocycles. The zero-order chi connectivity index (χ0) is 90.1. The van der Waals surface area contributed by atoms with Gasteiger partial charge in [-0.2, -0.15) is 4.98 Å². The molecule has 8 heterocycles. The number of rotatable bonds is 31. The van der Waals surface area contributed by atoms with E-state index in [1.807, 2.05) is 126 Å². The molecule has 674 valence electrons. The van der Waals surface area contributed by atoms with Crippen molar-refractivity contribution in [3.05, 3.63) is 252 Å². The van der Waals surface area contributed by atoms with Gasteiger partial charge in [-0.25, -0.2) is 19.2 Å². The number of aliphatic hydroxyl groups excluding tert-OH is 5. The maximum atomic E-state index is 12.7. The molecule has 0 saturated carbocycles. The summed E-state index contributed by atoms with van der Waals surface area (Å²) in [5, 5.41) is 53.7. The first-order chi connectivity index (χ1) is 58.8. The highest BCUT2D eigenvalue weighted by Gasteiger charge is 2.50. The van der Waals surface area contributed by atoms with Crippen LogP contribution in [0.1, 0.15) is 136 Å². The number of carbonyl (C=O) groups is 1. The summed E-state index contributed by atoms with van der Waals surface area (Å²) in [7, 11) is 9.51. The number of benzene rings is 4. The Hall–Kier alpha value is -9.52. The number of amides is 1. The Bertz CT molecular complexity index is 4740. The van der Waals surface area contributed by atoms with Crippen molar-refractivity contribution in [1.29, 1.82) is 0 Å². The van der Waals surface area contributed by atoms with E-state index in [9.17, 15) is 63.9 Å². The van der Waals surface area contributed by atoms with Crippen molar-refractivity contribution in [1.82, 2.24) is 38.2 Å². The van der Waals surface area contributed by atoms with Crippen LogP contribution in [-0.2, 0) is 61.7 Å². The molecule has 9 N–H and O–H groups in total. The monoisotopic (exact) mass is 1740 g/mol. The maximum Gasteiger partial charge on any atom is 0.351 e. The second-order valence-corrected chi connectivity index (χ2v) is 30.4. The molecule has 8 aromatic rings. The quantitative estimate of drug-likeness (QED) is 0.0199. The van der Waals surface area contributed by atoms with Gasteiger partial charge in [0.1, 0.15) is 77.1 Å². The van der Waals surface area contributed by atoms with Gasteiger partial charge in [0.05, 0.1) is 90.0 Å². The Morgan fingerprint density at radius 2 is 0.756 bits per heavy atom. The summed E-state index contributed by atoms with van der Waals surface area (Å²) in [5.74, 6) is 1.37. The normalized spacial score (nSPS) is 24.4. The van der Waals surface area contributed by atoms with Crippen LogP contribution < -0.4 is 54.2 Å². The number of aliphatic hydroxyl groups is 5. The lowest BCUT2D eigenvalue weighted by Gasteiger charge is -2.29. The van der Waals surface area contributed by atoms with Gasteiger partial charge >= 0.3 is 22.8 Å². The second kappa shape index (κ2) is 47.0. The smallest absolute Gasteiger partial charge is 0.351 e. The lowest BCUT2D eigenvalue weighted by molar-refractivity contribution is -0.111. The van der Waals surface area contributed by atoms with E-state index in [1.54, 1.807) is 87.5 Å². The van der Waals surface area contributed by atoms with Gasteiger partial charge in [-0.1, -0.05) is 93.6 Å². The minimum atomic E-state index is -1.12. The second-order valence-electron chi connectivity index (χ2n) is 29.8. The van der Waals surface area contributed by atoms with E-state index < -0.39 is 149 Å². The summed E-state index contributed by atoms with van der Waals surface area (Å²) in [6, 6.07) is 35.9. The number of alkyl halides is 1. The number of hydrogen-bond acceptors (Lipinski definition) is 28. The van der Waals surface area contributed by atoms with Crippen LogP contribution in [0.2, 0.25) is 0 Å². The Morgan fingerprint density at radius 1 is 0.455 bits per heavy atom. The lowest BCUT2D eigenvalue weighted by Crippen LogP contribution is -2.41. The van der Waals surface area contributed by atoms with E-state index in [-0.39, 0.29) is 36.1 Å². The van der Waals surface area contributed by atoms with E-state index in [0.29, 0.717) is 67.9 Å². The van der Waals surface area contributed by atoms with Crippen LogP contribution in [0.15, 0.2) is 174 Å². The summed E-state index contributed by atoms with van der Waals surface area (Å²) in [6.07, 6.45) is -6.39. The molecule has 8 unspecified atom stereocenters. The standard InChI is InChI=1S/C21H19ClO2.C21H27N3O6.2C15H24N2O6.C14H22N2O7/c1-23-19-12-8-17(9-13-19)21(22,16-6-4-3-5-7-16)18-10-14-20(24-2)15-11-18;1-4-15-17(25)18(29-13(2)12-28-3)20(30-15)24-11-10-16(23-21(24)27)22-19(26)14-8-6-5-7-9-14;2*1-5-10-11(18)12(22-9(3)7-21-4)14(23-10)17-6-8(2)13(19)16-15(17)20;1-7-4-16(14(20)15-12(7)19)13-11(22-8(2)6-21-3)10(18)9(5-17)23-13/h3-15H,1-2H3;5-11,13,15,17-18,20,25H,4,12H2,1-3H3,(H,22,23,26,27);2*6,9-12,14,18H,5,7H2,1-4H3,(H,16,19,20);4,8-11,13,17-18H,5-6H2,1-3H3,(H,15,19,20)/t;13?,15-,17?,18+,20-;2*9?,10-,11?,12+,14-;8?,9-,10?,11+,13-/m.1111/s1. The van der Waals surface area contributed by atoms with Crippen molar-refractivity contribution in [2.24, 2.45) is 0 Å². The molecule has 4 aromatic carbocycles. The van der Waals surface area contributed by atoms with E-state index >= 15 is 0 Å². The Morgan fingerprint density at radius 3 is 1.06 bits per heavy atom. The first-order valence-electron chi connectivity index (χ1n) is 40.3. The molecule has 36 nitrogen and oxygen atoms in total. The van der Waals surface area contributed by atoms with E-state index in [4.69, 9.17) is 77.9 Å². The predicted octanol–water partition coefficient (Wildman–Crippen LogP) is 5.20. The zero-order valence-corrected chi connectivity index (χ0v) is 72.6. The molecule has 4 aliphatic heterocycles. The fraction of sp³-hybridized carbons (Fsp3) is 0.523. The van der Waals surface area contributed by atoms with Crippen LogP contribution in [0.3, 0.4) is 0 Å². The van der Waals surface area contributed by atoms with Crippen LogP contribution in [0.25, 0.3) is 0 Å². The number of aromatic nitrogens is 8. The summed E-state index contributed by atoms with van der Waals surface area (Å²) in [6.45, 7) is 18.5. The minimum absolute atomic E-state index is 0.126. The molecule has 0 bridgehead atoms. The highest BCUT2D eigenvalue weighted by molar-refractivity contribution is 6.28. The molecule has 123 heavy (non-hydrogen) atoms. The molecule has 4 saturated heterocycles. The van der Waals surface area contributed by atoms with Crippen molar-refractivity contribution >= 4 is 23.3 Å². The number of nitrogens with one attached hydrogen (secondary N) is 4. The van der Waals surface area contributed by atoms with E-state index in [0.717, 1.165) is 32.8 Å². The molecule has 37 heteroatoms. The third kappa shape index (κ3) is 25.2. The Balaban J connectivity index is 0.000000192. The molecule has 4 fully saturated rings. The third-order valence-electron chi connectivity index (χ3n) is 20.6. The van der Waals surface area contributed by atoms with Crippen LogP contribution in [0.5, 0.6) is 11.5 Å². The molecule has 12 rings (SSSR count). The number of H-pyrrole nitrogens is 3. The van der Waals surface area contributed by atoms with Crippen LogP contribution >= 0.6 is 11.6 Å². The third-order valence-corrected chi connectivity index (χ3v) is 21.2. The molecular formula is C86H116ClN9O27. The van der Waals surface area contributed by atoms with Crippen LogP contribution in [0, 0.1) is 20.8 Å². The van der Waals surface area contributed by atoms with E-state index in [1.165, 1.54) is 51.7 Å². The lowest BCUT2D eigenvalue weighted by atomic mass is 9.84. The number of carbonyl (C=O) groups excluding carboxylic acids is 1. The first kappa shape index (κ1) is 98.9. The zero-order valence-electron chi connectivity index (χ0n) is 71.8.